The Morgan fingerprint density at radius 3 is 2.33 bits per heavy atom. The van der Waals surface area contributed by atoms with Crippen LogP contribution in [0.1, 0.15) is 16.8 Å². The molecule has 0 aliphatic rings. The van der Waals surface area contributed by atoms with Crippen LogP contribution in [0.3, 0.4) is 0 Å². The van der Waals surface area contributed by atoms with Crippen LogP contribution in [0.4, 0.5) is 0 Å². The lowest BCUT2D eigenvalue weighted by Gasteiger charge is -2.15. The molecule has 2 amide bonds. The average molecular weight is 365 g/mol. The largest absolute Gasteiger partial charge is 0.368 e. The molecule has 2 rings (SSSR count). The average Bonchev–Trinajstić information content (AvgIpc) is 2.59. The van der Waals surface area contributed by atoms with Gasteiger partial charge in [-0.1, -0.05) is 41.9 Å². The van der Waals surface area contributed by atoms with Gasteiger partial charge in [0.25, 0.3) is 5.91 Å². The number of hydrogen-bond acceptors (Lipinski definition) is 3. The number of hydrogen-bond donors (Lipinski definition) is 2. The van der Waals surface area contributed by atoms with Gasteiger partial charge >= 0.3 is 0 Å². The third-order valence-electron chi connectivity index (χ3n) is 3.37. The quantitative estimate of drug-likeness (QED) is 0.788. The van der Waals surface area contributed by atoms with Gasteiger partial charge in [-0.2, -0.15) is 0 Å². The zero-order chi connectivity index (χ0) is 17.5. The number of nitrogens with two attached hydrogens (primary N) is 1. The van der Waals surface area contributed by atoms with Crippen LogP contribution < -0.4 is 11.1 Å². The van der Waals surface area contributed by atoms with E-state index in [9.17, 15) is 13.8 Å². The number of benzene rings is 2. The van der Waals surface area contributed by atoms with Gasteiger partial charge in [-0.05, 0) is 30.7 Å². The standard InChI is InChI=1S/C17H17ClN2O3S/c18-14-9-5-4-8-13(14)17(22)20-15(16(19)21)10-11-24(23)12-6-2-1-3-7-12/h1-9,15H,10-11H2,(H2,19,21)(H,20,22)/t15-,24+/m0/s1. The lowest BCUT2D eigenvalue weighted by atomic mass is 10.1. The van der Waals surface area contributed by atoms with Crippen molar-refractivity contribution in [2.24, 2.45) is 5.73 Å². The summed E-state index contributed by atoms with van der Waals surface area (Å²) in [7, 11) is -1.27. The van der Waals surface area contributed by atoms with Crippen molar-refractivity contribution >= 4 is 34.2 Å². The van der Waals surface area contributed by atoms with Gasteiger partial charge in [0.15, 0.2) is 0 Å². The summed E-state index contributed by atoms with van der Waals surface area (Å²) >= 11 is 5.96. The molecule has 5 nitrogen and oxygen atoms in total. The van der Waals surface area contributed by atoms with Gasteiger partial charge in [-0.25, -0.2) is 0 Å². The molecule has 2 aromatic rings. The summed E-state index contributed by atoms with van der Waals surface area (Å²) in [6.45, 7) is 0. The third kappa shape index (κ3) is 4.91. The second kappa shape index (κ2) is 8.61. The molecule has 0 spiro atoms. The number of carbonyl (C=O) groups excluding carboxylic acids is 2. The van der Waals surface area contributed by atoms with Crippen LogP contribution in [0.5, 0.6) is 0 Å². The molecule has 0 fully saturated rings. The summed E-state index contributed by atoms with van der Waals surface area (Å²) in [6, 6.07) is 14.5. The Morgan fingerprint density at radius 1 is 1.08 bits per heavy atom. The zero-order valence-corrected chi connectivity index (χ0v) is 14.3. The van der Waals surface area contributed by atoms with Crippen molar-refractivity contribution in [2.75, 3.05) is 5.75 Å². The van der Waals surface area contributed by atoms with Crippen molar-refractivity contribution in [1.82, 2.24) is 5.32 Å². The Hall–Kier alpha value is -2.18. The van der Waals surface area contributed by atoms with Crippen molar-refractivity contribution < 1.29 is 13.8 Å². The van der Waals surface area contributed by atoms with Crippen molar-refractivity contribution in [3.63, 3.8) is 0 Å². The molecule has 7 heteroatoms. The van der Waals surface area contributed by atoms with E-state index in [1.54, 1.807) is 48.5 Å². The topological polar surface area (TPSA) is 89.3 Å². The summed E-state index contributed by atoms with van der Waals surface area (Å²) in [6.07, 6.45) is 0.174. The van der Waals surface area contributed by atoms with E-state index in [0.717, 1.165) is 0 Å². The predicted molar refractivity (Wildman–Crippen MR) is 94.2 cm³/mol. The van der Waals surface area contributed by atoms with Crippen molar-refractivity contribution in [3.8, 4) is 0 Å². The molecule has 2 atom stereocenters. The van der Waals surface area contributed by atoms with E-state index in [1.807, 2.05) is 6.07 Å². The summed E-state index contributed by atoms with van der Waals surface area (Å²) < 4.78 is 12.2. The summed E-state index contributed by atoms with van der Waals surface area (Å²) in [5, 5.41) is 2.83. The first-order chi connectivity index (χ1) is 11.5. The molecule has 0 unspecified atom stereocenters. The molecule has 126 valence electrons. The Morgan fingerprint density at radius 2 is 1.71 bits per heavy atom. The lowest BCUT2D eigenvalue weighted by molar-refractivity contribution is -0.119. The van der Waals surface area contributed by atoms with E-state index in [4.69, 9.17) is 17.3 Å². The molecule has 0 radical (unpaired) electrons. The highest BCUT2D eigenvalue weighted by Crippen LogP contribution is 2.15. The summed E-state index contributed by atoms with van der Waals surface area (Å²) in [4.78, 5) is 24.5. The van der Waals surface area contributed by atoms with Crippen molar-refractivity contribution in [1.29, 1.82) is 0 Å². The van der Waals surface area contributed by atoms with Crippen molar-refractivity contribution in [2.45, 2.75) is 17.4 Å². The third-order valence-corrected chi connectivity index (χ3v) is 5.10. The molecule has 24 heavy (non-hydrogen) atoms. The predicted octanol–water partition coefficient (Wildman–Crippen LogP) is 2.12. The van der Waals surface area contributed by atoms with Gasteiger partial charge < -0.3 is 11.1 Å². The van der Waals surface area contributed by atoms with E-state index in [-0.39, 0.29) is 22.8 Å². The molecule has 0 saturated carbocycles. The number of amides is 2. The minimum Gasteiger partial charge on any atom is -0.368 e. The summed E-state index contributed by atoms with van der Waals surface area (Å²) in [5.74, 6) is -0.962. The Bertz CT molecular complexity index is 753. The van der Waals surface area contributed by atoms with Gasteiger partial charge in [-0.3, -0.25) is 13.8 Å². The van der Waals surface area contributed by atoms with Crippen LogP contribution >= 0.6 is 11.6 Å². The lowest BCUT2D eigenvalue weighted by Crippen LogP contribution is -2.45. The fourth-order valence-corrected chi connectivity index (χ4v) is 3.45. The van der Waals surface area contributed by atoms with Gasteiger partial charge in [0.05, 0.1) is 21.4 Å². The number of carbonyl (C=O) groups is 2. The van der Waals surface area contributed by atoms with Crippen LogP contribution in [0.2, 0.25) is 5.02 Å². The smallest absolute Gasteiger partial charge is 0.253 e. The molecule has 0 heterocycles. The van der Waals surface area contributed by atoms with Crippen LogP contribution in [-0.2, 0) is 15.6 Å². The maximum Gasteiger partial charge on any atom is 0.253 e. The van der Waals surface area contributed by atoms with E-state index < -0.39 is 28.7 Å². The van der Waals surface area contributed by atoms with E-state index >= 15 is 0 Å². The Kier molecular flexibility index (Phi) is 6.52. The zero-order valence-electron chi connectivity index (χ0n) is 12.8. The van der Waals surface area contributed by atoms with Crippen LogP contribution in [0.15, 0.2) is 59.5 Å². The van der Waals surface area contributed by atoms with E-state index in [0.29, 0.717) is 4.90 Å². The number of halogens is 1. The SMILES string of the molecule is NC(=O)[C@H](CC[S@@](=O)c1ccccc1)NC(=O)c1ccccc1Cl. The number of nitrogens with one attached hydrogen (secondary N) is 1. The van der Waals surface area contributed by atoms with Crippen LogP contribution in [-0.4, -0.2) is 27.8 Å². The monoisotopic (exact) mass is 364 g/mol. The summed E-state index contributed by atoms with van der Waals surface area (Å²) in [5.41, 5.74) is 5.60. The maximum absolute atomic E-state index is 12.2. The van der Waals surface area contributed by atoms with E-state index in [1.165, 1.54) is 0 Å². The van der Waals surface area contributed by atoms with Gasteiger partial charge in [0.2, 0.25) is 5.91 Å². The van der Waals surface area contributed by atoms with Gasteiger partial charge in [-0.15, -0.1) is 0 Å². The highest BCUT2D eigenvalue weighted by Gasteiger charge is 2.21. The Labute approximate surface area is 147 Å². The maximum atomic E-state index is 12.2. The highest BCUT2D eigenvalue weighted by molar-refractivity contribution is 7.85. The first kappa shape index (κ1) is 18.2. The highest BCUT2D eigenvalue weighted by atomic mass is 35.5. The Balaban J connectivity index is 2.00. The minimum absolute atomic E-state index is 0.174. The second-order valence-electron chi connectivity index (χ2n) is 5.06. The molecular weight excluding hydrogens is 348 g/mol. The van der Waals surface area contributed by atoms with Gasteiger partial charge in [0.1, 0.15) is 6.04 Å². The first-order valence-corrected chi connectivity index (χ1v) is 8.97. The fourth-order valence-electron chi connectivity index (χ4n) is 2.08. The molecule has 0 aromatic heterocycles. The van der Waals surface area contributed by atoms with Crippen LogP contribution in [0.25, 0.3) is 0 Å². The van der Waals surface area contributed by atoms with E-state index in [2.05, 4.69) is 5.32 Å². The molecule has 0 saturated heterocycles. The first-order valence-electron chi connectivity index (χ1n) is 7.27. The van der Waals surface area contributed by atoms with Crippen LogP contribution in [0, 0.1) is 0 Å². The fraction of sp³-hybridized carbons (Fsp3) is 0.176. The minimum atomic E-state index is -1.27. The molecule has 3 N–H and O–H groups in total. The molecule has 2 aromatic carbocycles. The molecular formula is C17H17ClN2O3S. The number of rotatable bonds is 7. The molecule has 0 aliphatic carbocycles. The molecule has 0 aliphatic heterocycles. The second-order valence-corrected chi connectivity index (χ2v) is 7.04. The molecule has 0 bridgehead atoms. The normalized spacial score (nSPS) is 13.0. The van der Waals surface area contributed by atoms with Gasteiger partial charge in [0, 0.05) is 10.6 Å². The number of primary amides is 1. The van der Waals surface area contributed by atoms with Crippen molar-refractivity contribution in [3.05, 3.63) is 65.2 Å².